The van der Waals surface area contributed by atoms with E-state index in [2.05, 4.69) is 15.2 Å². The molecule has 4 rings (SSSR count). The van der Waals surface area contributed by atoms with Crippen LogP contribution >= 0.6 is 0 Å². The fraction of sp³-hybridized carbons (Fsp3) is 0.478. The molecule has 0 saturated carbocycles. The van der Waals surface area contributed by atoms with Crippen LogP contribution in [0.2, 0.25) is 0 Å². The SMILES string of the molecule is Cc1cccc(N2CCC3(CC2)OCC[C@](C)(NC(=O)c2ccccc2)[C@H]3O)n1. The summed E-state index contributed by atoms with van der Waals surface area (Å²) in [5.41, 5.74) is 0.224. The molecule has 0 unspecified atom stereocenters. The highest BCUT2D eigenvalue weighted by Gasteiger charge is 2.53. The Kier molecular flexibility index (Phi) is 5.32. The summed E-state index contributed by atoms with van der Waals surface area (Å²) in [6, 6.07) is 15.2. The van der Waals surface area contributed by atoms with Gasteiger partial charge in [-0.05, 0) is 57.4 Å². The summed E-state index contributed by atoms with van der Waals surface area (Å²) in [6.45, 7) is 5.96. The number of amides is 1. The Morgan fingerprint density at radius 2 is 1.86 bits per heavy atom. The second-order valence-corrected chi connectivity index (χ2v) is 8.43. The largest absolute Gasteiger partial charge is 0.388 e. The van der Waals surface area contributed by atoms with E-state index in [9.17, 15) is 9.90 Å². The molecule has 0 bridgehead atoms. The third-order valence-corrected chi connectivity index (χ3v) is 6.36. The average molecular weight is 396 g/mol. The number of aromatic nitrogens is 1. The monoisotopic (exact) mass is 395 g/mol. The number of nitrogens with zero attached hydrogens (tertiary/aromatic N) is 2. The molecule has 2 N–H and O–H groups in total. The molecule has 1 amide bonds. The summed E-state index contributed by atoms with van der Waals surface area (Å²) < 4.78 is 6.16. The second kappa shape index (κ2) is 7.76. The molecule has 0 aliphatic carbocycles. The van der Waals surface area contributed by atoms with E-state index in [1.54, 1.807) is 12.1 Å². The average Bonchev–Trinajstić information content (AvgIpc) is 2.73. The number of anilines is 1. The van der Waals surface area contributed by atoms with Crippen molar-refractivity contribution < 1.29 is 14.6 Å². The summed E-state index contributed by atoms with van der Waals surface area (Å²) in [5.74, 6) is 0.802. The number of nitrogens with one attached hydrogen (secondary N) is 1. The number of pyridine rings is 1. The molecule has 1 aromatic heterocycles. The highest BCUT2D eigenvalue weighted by molar-refractivity contribution is 5.94. The van der Waals surface area contributed by atoms with Crippen molar-refractivity contribution in [3.05, 3.63) is 59.8 Å². The van der Waals surface area contributed by atoms with Crippen molar-refractivity contribution in [2.45, 2.75) is 50.4 Å². The summed E-state index contributed by atoms with van der Waals surface area (Å²) in [6.07, 6.45) is 1.20. The molecule has 1 aromatic carbocycles. The van der Waals surface area contributed by atoms with E-state index in [1.165, 1.54) is 0 Å². The van der Waals surface area contributed by atoms with Crippen LogP contribution < -0.4 is 10.2 Å². The highest BCUT2D eigenvalue weighted by atomic mass is 16.5. The standard InChI is InChI=1S/C23H29N3O3/c1-17-7-6-10-19(24-17)26-14-11-23(12-15-26)21(28)22(2,13-16-29-23)25-20(27)18-8-4-3-5-9-18/h3-10,21,28H,11-16H2,1-2H3,(H,25,27)/t21-,22+/m1/s1. The molecular formula is C23H29N3O3. The molecule has 2 aromatic rings. The van der Waals surface area contributed by atoms with Gasteiger partial charge in [0.25, 0.3) is 5.91 Å². The van der Waals surface area contributed by atoms with E-state index in [0.717, 1.165) is 24.6 Å². The number of aryl methyl sites for hydroxylation is 1. The van der Waals surface area contributed by atoms with Gasteiger partial charge in [0.2, 0.25) is 0 Å². The Morgan fingerprint density at radius 1 is 1.14 bits per heavy atom. The Balaban J connectivity index is 1.47. The lowest BCUT2D eigenvalue weighted by atomic mass is 9.73. The number of carbonyl (C=O) groups excluding carboxylic acids is 1. The zero-order valence-corrected chi connectivity index (χ0v) is 17.1. The van der Waals surface area contributed by atoms with Gasteiger partial charge in [0.1, 0.15) is 11.9 Å². The number of carbonyl (C=O) groups is 1. The van der Waals surface area contributed by atoms with Gasteiger partial charge in [0.15, 0.2) is 0 Å². The number of ether oxygens (including phenoxy) is 1. The van der Waals surface area contributed by atoms with Crippen LogP contribution in [0, 0.1) is 6.92 Å². The second-order valence-electron chi connectivity index (χ2n) is 8.43. The first-order valence-corrected chi connectivity index (χ1v) is 10.3. The van der Waals surface area contributed by atoms with Crippen LogP contribution in [0.3, 0.4) is 0 Å². The van der Waals surface area contributed by atoms with E-state index in [0.29, 0.717) is 31.4 Å². The van der Waals surface area contributed by atoms with Gasteiger partial charge in [-0.15, -0.1) is 0 Å². The predicted octanol–water partition coefficient (Wildman–Crippen LogP) is 2.70. The molecular weight excluding hydrogens is 366 g/mol. The van der Waals surface area contributed by atoms with E-state index < -0.39 is 17.2 Å². The molecule has 6 heteroatoms. The van der Waals surface area contributed by atoms with Crippen molar-refractivity contribution >= 4 is 11.7 Å². The maximum absolute atomic E-state index is 12.7. The maximum Gasteiger partial charge on any atom is 0.251 e. The van der Waals surface area contributed by atoms with Gasteiger partial charge in [-0.2, -0.15) is 0 Å². The van der Waals surface area contributed by atoms with E-state index in [-0.39, 0.29) is 5.91 Å². The van der Waals surface area contributed by atoms with E-state index in [4.69, 9.17) is 4.74 Å². The van der Waals surface area contributed by atoms with Gasteiger partial charge in [0, 0.05) is 31.0 Å². The van der Waals surface area contributed by atoms with Crippen LogP contribution in [0.15, 0.2) is 48.5 Å². The normalized spacial score (nSPS) is 26.3. The van der Waals surface area contributed by atoms with Crippen molar-refractivity contribution in [2.75, 3.05) is 24.6 Å². The Labute approximate surface area is 171 Å². The van der Waals surface area contributed by atoms with Gasteiger partial charge in [-0.25, -0.2) is 4.98 Å². The minimum atomic E-state index is -0.774. The Morgan fingerprint density at radius 3 is 2.55 bits per heavy atom. The topological polar surface area (TPSA) is 74.7 Å². The molecule has 29 heavy (non-hydrogen) atoms. The lowest BCUT2D eigenvalue weighted by Gasteiger charge is -2.53. The van der Waals surface area contributed by atoms with Gasteiger partial charge in [-0.3, -0.25) is 4.79 Å². The summed E-state index contributed by atoms with van der Waals surface area (Å²) in [5, 5.41) is 14.4. The lowest BCUT2D eigenvalue weighted by Crippen LogP contribution is -2.69. The van der Waals surface area contributed by atoms with Crippen LogP contribution in [-0.4, -0.2) is 52.9 Å². The van der Waals surface area contributed by atoms with Gasteiger partial charge in [0.05, 0.1) is 11.1 Å². The summed E-state index contributed by atoms with van der Waals surface area (Å²) in [4.78, 5) is 19.6. The molecule has 0 radical (unpaired) electrons. The lowest BCUT2D eigenvalue weighted by molar-refractivity contribution is -0.195. The van der Waals surface area contributed by atoms with E-state index >= 15 is 0 Å². The quantitative estimate of drug-likeness (QED) is 0.836. The number of aliphatic hydroxyl groups excluding tert-OH is 1. The van der Waals surface area contributed by atoms with Crippen molar-refractivity contribution in [2.24, 2.45) is 0 Å². The van der Waals surface area contributed by atoms with Crippen molar-refractivity contribution in [3.63, 3.8) is 0 Å². The molecule has 154 valence electrons. The third-order valence-electron chi connectivity index (χ3n) is 6.36. The molecule has 2 fully saturated rings. The Bertz CT molecular complexity index is 865. The molecule has 1 spiro atoms. The van der Waals surface area contributed by atoms with Crippen molar-refractivity contribution in [1.29, 1.82) is 0 Å². The van der Waals surface area contributed by atoms with Crippen molar-refractivity contribution in [3.8, 4) is 0 Å². The minimum Gasteiger partial charge on any atom is -0.388 e. The first kappa shape index (κ1) is 19.9. The fourth-order valence-electron chi connectivity index (χ4n) is 4.55. The van der Waals surface area contributed by atoms with Crippen LogP contribution in [-0.2, 0) is 4.74 Å². The summed E-state index contributed by atoms with van der Waals surface area (Å²) in [7, 11) is 0. The number of hydrogen-bond acceptors (Lipinski definition) is 5. The van der Waals surface area contributed by atoms with Crippen LogP contribution in [0.25, 0.3) is 0 Å². The zero-order valence-electron chi connectivity index (χ0n) is 17.1. The predicted molar refractivity (Wildman–Crippen MR) is 112 cm³/mol. The first-order valence-electron chi connectivity index (χ1n) is 10.3. The molecule has 2 atom stereocenters. The number of hydrogen-bond donors (Lipinski definition) is 2. The van der Waals surface area contributed by atoms with Gasteiger partial charge >= 0.3 is 0 Å². The van der Waals surface area contributed by atoms with E-state index in [1.807, 2.05) is 50.2 Å². The minimum absolute atomic E-state index is 0.161. The van der Waals surface area contributed by atoms with Crippen LogP contribution in [0.5, 0.6) is 0 Å². The molecule has 2 aliphatic heterocycles. The van der Waals surface area contributed by atoms with Gasteiger partial charge < -0.3 is 20.1 Å². The van der Waals surface area contributed by atoms with Crippen LogP contribution in [0.4, 0.5) is 5.82 Å². The smallest absolute Gasteiger partial charge is 0.251 e. The van der Waals surface area contributed by atoms with Crippen LogP contribution in [0.1, 0.15) is 42.2 Å². The maximum atomic E-state index is 12.7. The first-order chi connectivity index (χ1) is 13.9. The fourth-order valence-corrected chi connectivity index (χ4v) is 4.55. The summed E-state index contributed by atoms with van der Waals surface area (Å²) >= 11 is 0. The molecule has 6 nitrogen and oxygen atoms in total. The molecule has 2 saturated heterocycles. The van der Waals surface area contributed by atoms with Gasteiger partial charge in [-0.1, -0.05) is 24.3 Å². The molecule has 3 heterocycles. The zero-order chi connectivity index (χ0) is 20.5. The Hall–Kier alpha value is -2.44. The molecule has 2 aliphatic rings. The van der Waals surface area contributed by atoms with Crippen molar-refractivity contribution in [1.82, 2.24) is 10.3 Å². The number of piperidine rings is 1. The number of aliphatic hydroxyl groups is 1. The third kappa shape index (κ3) is 3.87. The number of rotatable bonds is 3. The number of benzene rings is 1. The highest BCUT2D eigenvalue weighted by Crippen LogP contribution is 2.40.